The number of amides is 1. The number of carbonyl (C=O) groups is 1. The number of aromatic amines is 1. The molecule has 0 atom stereocenters. The number of nitrogens with one attached hydrogen (secondary N) is 1. The zero-order valence-electron chi connectivity index (χ0n) is 20.6. The molecule has 0 spiro atoms. The second-order valence-corrected chi connectivity index (χ2v) is 11.0. The molecule has 1 aromatic carbocycles. The average molecular weight is 473 g/mol. The number of hydrogen-bond donors (Lipinski definition) is 1. The summed E-state index contributed by atoms with van der Waals surface area (Å²) in [7, 11) is 3.89. The Morgan fingerprint density at radius 2 is 2.00 bits per heavy atom. The number of H-pyrrole nitrogens is 1. The maximum atomic E-state index is 12.6. The summed E-state index contributed by atoms with van der Waals surface area (Å²) < 4.78 is 0. The van der Waals surface area contributed by atoms with Gasteiger partial charge in [-0.25, -0.2) is 0 Å². The minimum absolute atomic E-state index is 0.208. The fourth-order valence-electron chi connectivity index (χ4n) is 4.94. The molecule has 176 valence electrons. The van der Waals surface area contributed by atoms with Gasteiger partial charge in [-0.05, 0) is 80.4 Å². The van der Waals surface area contributed by atoms with Crippen LogP contribution in [0.15, 0.2) is 42.6 Å². The predicted molar refractivity (Wildman–Crippen MR) is 141 cm³/mol. The minimum atomic E-state index is 0.208. The first kappa shape index (κ1) is 22.8. The van der Waals surface area contributed by atoms with E-state index in [0.29, 0.717) is 12.5 Å². The molecule has 5 nitrogen and oxygen atoms in total. The second-order valence-electron chi connectivity index (χ2n) is 9.88. The van der Waals surface area contributed by atoms with E-state index in [9.17, 15) is 4.79 Å². The van der Waals surface area contributed by atoms with Crippen LogP contribution < -0.4 is 0 Å². The van der Waals surface area contributed by atoms with Crippen molar-refractivity contribution in [1.82, 2.24) is 19.8 Å². The van der Waals surface area contributed by atoms with Gasteiger partial charge in [0, 0.05) is 44.7 Å². The summed E-state index contributed by atoms with van der Waals surface area (Å²) in [6.07, 6.45) is 2.81. The van der Waals surface area contributed by atoms with Crippen molar-refractivity contribution in [3.63, 3.8) is 0 Å². The van der Waals surface area contributed by atoms with Gasteiger partial charge in [-0.15, -0.1) is 11.3 Å². The van der Waals surface area contributed by atoms with Gasteiger partial charge in [0.25, 0.3) is 0 Å². The fourth-order valence-corrected chi connectivity index (χ4v) is 6.16. The molecule has 1 amide bonds. The third-order valence-corrected chi connectivity index (χ3v) is 7.78. The molecule has 4 heterocycles. The van der Waals surface area contributed by atoms with Crippen molar-refractivity contribution in [3.05, 3.63) is 64.3 Å². The quantitative estimate of drug-likeness (QED) is 0.397. The summed E-state index contributed by atoms with van der Waals surface area (Å²) in [4.78, 5) is 27.2. The molecule has 1 aliphatic rings. The number of benzene rings is 1. The predicted octanol–water partition coefficient (Wildman–Crippen LogP) is 5.84. The average Bonchev–Trinajstić information content (AvgIpc) is 3.39. The lowest BCUT2D eigenvalue weighted by Gasteiger charge is -2.28. The molecule has 4 aromatic rings. The van der Waals surface area contributed by atoms with E-state index in [2.05, 4.69) is 60.2 Å². The highest BCUT2D eigenvalue weighted by Gasteiger charge is 2.24. The molecular formula is C28H32N4OS. The summed E-state index contributed by atoms with van der Waals surface area (Å²) in [5, 5.41) is 1.28. The number of pyridine rings is 1. The van der Waals surface area contributed by atoms with E-state index in [1.54, 1.807) is 0 Å². The van der Waals surface area contributed by atoms with Gasteiger partial charge < -0.3 is 14.8 Å². The van der Waals surface area contributed by atoms with Gasteiger partial charge >= 0.3 is 0 Å². The fraction of sp³-hybridized carbons (Fsp3) is 0.357. The Morgan fingerprint density at radius 1 is 1.18 bits per heavy atom. The molecule has 0 unspecified atom stereocenters. The molecule has 1 N–H and O–H groups in total. The molecule has 0 bridgehead atoms. The monoisotopic (exact) mass is 472 g/mol. The lowest BCUT2D eigenvalue weighted by Crippen LogP contribution is -2.40. The number of aromatic nitrogens is 2. The Hall–Kier alpha value is -2.96. The molecule has 34 heavy (non-hydrogen) atoms. The number of carbonyl (C=O) groups excluding carboxylic acids is 1. The summed E-state index contributed by atoms with van der Waals surface area (Å²) in [6.45, 7) is 8.55. The van der Waals surface area contributed by atoms with Crippen LogP contribution in [0.1, 0.15) is 41.5 Å². The first-order valence-corrected chi connectivity index (χ1v) is 12.7. The van der Waals surface area contributed by atoms with Crippen molar-refractivity contribution in [2.24, 2.45) is 0 Å². The second kappa shape index (κ2) is 9.01. The van der Waals surface area contributed by atoms with E-state index in [4.69, 9.17) is 0 Å². The molecule has 3 aromatic heterocycles. The zero-order chi connectivity index (χ0) is 24.0. The highest BCUT2D eigenvalue weighted by molar-refractivity contribution is 7.15. The number of aryl methyl sites for hydroxylation is 1. The Morgan fingerprint density at radius 3 is 2.74 bits per heavy atom. The van der Waals surface area contributed by atoms with Gasteiger partial charge in [-0.3, -0.25) is 9.78 Å². The first-order valence-electron chi connectivity index (χ1n) is 11.9. The summed E-state index contributed by atoms with van der Waals surface area (Å²) in [5.41, 5.74) is 8.55. The minimum Gasteiger partial charge on any atom is -0.354 e. The highest BCUT2D eigenvalue weighted by Crippen LogP contribution is 2.40. The van der Waals surface area contributed by atoms with E-state index in [1.165, 1.54) is 48.6 Å². The zero-order valence-corrected chi connectivity index (χ0v) is 21.4. The molecule has 0 saturated carbocycles. The van der Waals surface area contributed by atoms with Crippen molar-refractivity contribution in [1.29, 1.82) is 0 Å². The van der Waals surface area contributed by atoms with E-state index < -0.39 is 0 Å². The topological polar surface area (TPSA) is 52.2 Å². The lowest BCUT2D eigenvalue weighted by atomic mass is 9.95. The van der Waals surface area contributed by atoms with Crippen LogP contribution in [0.2, 0.25) is 0 Å². The van der Waals surface area contributed by atoms with Crippen LogP contribution in [0, 0.1) is 6.92 Å². The third-order valence-electron chi connectivity index (χ3n) is 6.57. The lowest BCUT2D eigenvalue weighted by molar-refractivity contribution is -0.132. The molecular weight excluding hydrogens is 440 g/mol. The van der Waals surface area contributed by atoms with Crippen molar-refractivity contribution in [2.45, 2.75) is 39.7 Å². The van der Waals surface area contributed by atoms with Gasteiger partial charge in [-0.2, -0.15) is 0 Å². The van der Waals surface area contributed by atoms with Gasteiger partial charge in [-0.1, -0.05) is 19.9 Å². The smallest absolute Gasteiger partial charge is 0.237 e. The Balaban J connectivity index is 1.51. The molecule has 0 radical (unpaired) electrons. The maximum Gasteiger partial charge on any atom is 0.237 e. The number of thiophene rings is 1. The molecule has 1 aliphatic heterocycles. The number of hydrogen-bond acceptors (Lipinski definition) is 4. The number of nitrogens with zero attached hydrogens (tertiary/aromatic N) is 3. The van der Waals surface area contributed by atoms with Gasteiger partial charge in [0.2, 0.25) is 5.91 Å². The standard InChI is InChI=1S/C28H32N4OS/c1-17(2)27-22-13-19(6-7-23(22)30-28(27)21-8-10-29-18(3)12-21)24-14-20-9-11-32(15-25(20)34-24)26(33)16-31(4)5/h6-8,10,12-14,17,30H,9,11,15-16H2,1-5H3. The Kier molecular flexibility index (Phi) is 6.04. The highest BCUT2D eigenvalue weighted by atomic mass is 32.1. The Bertz CT molecular complexity index is 1360. The molecule has 0 fully saturated rings. The SMILES string of the molecule is Cc1cc(-c2[nH]c3ccc(-c4cc5c(s4)CN(C(=O)CN(C)C)CC5)cc3c2C(C)C)ccn1. The number of rotatable bonds is 5. The van der Waals surface area contributed by atoms with Crippen molar-refractivity contribution in [3.8, 4) is 21.7 Å². The van der Waals surface area contributed by atoms with Crippen molar-refractivity contribution < 1.29 is 4.79 Å². The van der Waals surface area contributed by atoms with Gasteiger partial charge in [0.1, 0.15) is 0 Å². The summed E-state index contributed by atoms with van der Waals surface area (Å²) in [5.74, 6) is 0.597. The maximum absolute atomic E-state index is 12.6. The van der Waals surface area contributed by atoms with Gasteiger partial charge in [0.05, 0.1) is 18.8 Å². The molecule has 5 rings (SSSR count). The molecule has 0 saturated heterocycles. The first-order chi connectivity index (χ1) is 16.3. The third kappa shape index (κ3) is 4.28. The largest absolute Gasteiger partial charge is 0.354 e. The normalized spacial score (nSPS) is 13.8. The van der Waals surface area contributed by atoms with E-state index in [-0.39, 0.29) is 5.91 Å². The van der Waals surface area contributed by atoms with Crippen molar-refractivity contribution in [2.75, 3.05) is 27.2 Å². The van der Waals surface area contributed by atoms with Crippen LogP contribution >= 0.6 is 11.3 Å². The van der Waals surface area contributed by atoms with Crippen LogP contribution in [-0.4, -0.2) is 52.9 Å². The number of fused-ring (bicyclic) bond motifs is 2. The summed E-state index contributed by atoms with van der Waals surface area (Å²) >= 11 is 1.83. The van der Waals surface area contributed by atoms with Crippen LogP contribution in [-0.2, 0) is 17.8 Å². The van der Waals surface area contributed by atoms with Crippen LogP contribution in [0.5, 0.6) is 0 Å². The van der Waals surface area contributed by atoms with Crippen LogP contribution in [0.25, 0.3) is 32.6 Å². The van der Waals surface area contributed by atoms with E-state index in [1.807, 2.05) is 48.4 Å². The molecule has 0 aliphatic carbocycles. The van der Waals surface area contributed by atoms with Crippen LogP contribution in [0.3, 0.4) is 0 Å². The van der Waals surface area contributed by atoms with E-state index in [0.717, 1.165) is 25.2 Å². The van der Waals surface area contributed by atoms with E-state index >= 15 is 0 Å². The van der Waals surface area contributed by atoms with Gasteiger partial charge in [0.15, 0.2) is 0 Å². The Labute approximate surface area is 205 Å². The van der Waals surface area contributed by atoms with Crippen LogP contribution in [0.4, 0.5) is 0 Å². The van der Waals surface area contributed by atoms with Crippen molar-refractivity contribution >= 4 is 28.1 Å². The summed E-state index contributed by atoms with van der Waals surface area (Å²) in [6, 6.07) is 13.3. The molecule has 6 heteroatoms. The number of likely N-dealkylation sites (N-methyl/N-ethyl adjacent to an activating group) is 1.